The summed E-state index contributed by atoms with van der Waals surface area (Å²) >= 11 is 0. The summed E-state index contributed by atoms with van der Waals surface area (Å²) in [7, 11) is 1.67. The first kappa shape index (κ1) is 17.9. The second-order valence-electron chi connectivity index (χ2n) is 6.30. The standard InChI is InChI=1S/C15H28N2O4/c1-10(2)14(15(20)16(5)7-6-13(18)19)17-8-11(3)21-12(4)9-17/h10-12,14H,6-9H2,1-5H3,(H,18,19)/t11-,12+,14-/m1/s1. The van der Waals surface area contributed by atoms with Crippen molar-refractivity contribution in [1.29, 1.82) is 0 Å². The number of carbonyl (C=O) groups excluding carboxylic acids is 1. The first-order valence-corrected chi connectivity index (χ1v) is 7.58. The van der Waals surface area contributed by atoms with Crippen LogP contribution in [0.5, 0.6) is 0 Å². The highest BCUT2D eigenvalue weighted by Crippen LogP contribution is 2.20. The average molecular weight is 300 g/mol. The number of hydrogen-bond acceptors (Lipinski definition) is 4. The van der Waals surface area contributed by atoms with Gasteiger partial charge in [0, 0.05) is 26.7 Å². The minimum Gasteiger partial charge on any atom is -0.481 e. The first-order valence-electron chi connectivity index (χ1n) is 7.58. The van der Waals surface area contributed by atoms with Crippen molar-refractivity contribution in [2.24, 2.45) is 5.92 Å². The number of carboxylic acid groups (broad SMARTS) is 1. The summed E-state index contributed by atoms with van der Waals surface area (Å²) < 4.78 is 5.72. The number of nitrogens with zero attached hydrogens (tertiary/aromatic N) is 2. The molecule has 0 bridgehead atoms. The maximum Gasteiger partial charge on any atom is 0.305 e. The largest absolute Gasteiger partial charge is 0.481 e. The van der Waals surface area contributed by atoms with Crippen molar-refractivity contribution in [3.63, 3.8) is 0 Å². The molecule has 0 aromatic carbocycles. The minimum absolute atomic E-state index is 0.00690. The molecular weight excluding hydrogens is 272 g/mol. The number of aliphatic carboxylic acids is 1. The molecule has 1 fully saturated rings. The van der Waals surface area contributed by atoms with E-state index >= 15 is 0 Å². The SMILES string of the molecule is CC(C)[C@H](C(=O)N(C)CCC(=O)O)N1C[C@@H](C)O[C@@H](C)C1. The second kappa shape index (κ2) is 7.75. The minimum atomic E-state index is -0.885. The summed E-state index contributed by atoms with van der Waals surface area (Å²) in [4.78, 5) is 27.0. The molecule has 0 aromatic rings. The van der Waals surface area contributed by atoms with Crippen LogP contribution in [0.2, 0.25) is 0 Å². The fourth-order valence-corrected chi connectivity index (χ4v) is 2.91. The van der Waals surface area contributed by atoms with E-state index in [-0.39, 0.29) is 43.0 Å². The highest BCUT2D eigenvalue weighted by molar-refractivity contribution is 5.82. The summed E-state index contributed by atoms with van der Waals surface area (Å²) in [6.45, 7) is 9.78. The number of rotatable bonds is 6. The maximum absolute atomic E-state index is 12.7. The van der Waals surface area contributed by atoms with Crippen molar-refractivity contribution >= 4 is 11.9 Å². The Bertz CT molecular complexity index is 363. The molecule has 122 valence electrons. The Morgan fingerprint density at radius 3 is 2.24 bits per heavy atom. The molecule has 0 saturated carbocycles. The van der Waals surface area contributed by atoms with E-state index in [4.69, 9.17) is 9.84 Å². The third kappa shape index (κ3) is 5.28. The molecule has 0 unspecified atom stereocenters. The van der Waals surface area contributed by atoms with Gasteiger partial charge in [-0.2, -0.15) is 0 Å². The molecule has 0 spiro atoms. The molecule has 6 heteroatoms. The number of likely N-dealkylation sites (N-methyl/N-ethyl adjacent to an activating group) is 1. The Morgan fingerprint density at radius 2 is 1.81 bits per heavy atom. The van der Waals surface area contributed by atoms with Crippen molar-refractivity contribution in [2.45, 2.75) is 52.4 Å². The molecule has 1 heterocycles. The molecule has 1 saturated heterocycles. The van der Waals surface area contributed by atoms with Crippen LogP contribution in [0.3, 0.4) is 0 Å². The zero-order valence-electron chi connectivity index (χ0n) is 13.7. The van der Waals surface area contributed by atoms with E-state index in [9.17, 15) is 9.59 Å². The maximum atomic E-state index is 12.7. The van der Waals surface area contributed by atoms with Gasteiger partial charge >= 0.3 is 5.97 Å². The summed E-state index contributed by atoms with van der Waals surface area (Å²) in [6, 6.07) is -0.224. The van der Waals surface area contributed by atoms with E-state index in [1.165, 1.54) is 4.90 Å². The number of carbonyl (C=O) groups is 2. The van der Waals surface area contributed by atoms with E-state index < -0.39 is 5.97 Å². The first-order chi connectivity index (χ1) is 9.72. The van der Waals surface area contributed by atoms with Gasteiger partial charge in [-0.3, -0.25) is 14.5 Å². The number of morpholine rings is 1. The molecular formula is C15H28N2O4. The topological polar surface area (TPSA) is 70.1 Å². The Hall–Kier alpha value is -1.14. The van der Waals surface area contributed by atoms with Crippen LogP contribution in [0.1, 0.15) is 34.1 Å². The van der Waals surface area contributed by atoms with Gasteiger partial charge in [0.1, 0.15) is 0 Å². The lowest BCUT2D eigenvalue weighted by Gasteiger charge is -2.42. The van der Waals surface area contributed by atoms with Crippen LogP contribution in [-0.4, -0.2) is 71.7 Å². The normalized spacial score (nSPS) is 24.9. The highest BCUT2D eigenvalue weighted by Gasteiger charge is 2.35. The van der Waals surface area contributed by atoms with E-state index in [0.717, 1.165) is 13.1 Å². The zero-order chi connectivity index (χ0) is 16.2. The molecule has 1 amide bonds. The Morgan fingerprint density at radius 1 is 1.29 bits per heavy atom. The van der Waals surface area contributed by atoms with Crippen molar-refractivity contribution in [3.05, 3.63) is 0 Å². The predicted molar refractivity (Wildman–Crippen MR) is 80.1 cm³/mol. The highest BCUT2D eigenvalue weighted by atomic mass is 16.5. The number of amides is 1. The molecule has 1 aliphatic heterocycles. The molecule has 0 aliphatic carbocycles. The van der Waals surface area contributed by atoms with Crippen LogP contribution >= 0.6 is 0 Å². The van der Waals surface area contributed by atoms with Crippen LogP contribution in [-0.2, 0) is 14.3 Å². The number of carboxylic acids is 1. The van der Waals surface area contributed by atoms with Gasteiger partial charge in [-0.15, -0.1) is 0 Å². The smallest absolute Gasteiger partial charge is 0.305 e. The molecule has 1 N–H and O–H groups in total. The van der Waals surface area contributed by atoms with Gasteiger partial charge < -0.3 is 14.7 Å². The van der Waals surface area contributed by atoms with Crippen molar-refractivity contribution in [1.82, 2.24) is 9.80 Å². The van der Waals surface area contributed by atoms with Crippen molar-refractivity contribution in [3.8, 4) is 0 Å². The molecule has 3 atom stereocenters. The van der Waals surface area contributed by atoms with Gasteiger partial charge in [0.2, 0.25) is 5.91 Å². The second-order valence-corrected chi connectivity index (χ2v) is 6.30. The van der Waals surface area contributed by atoms with Crippen LogP contribution < -0.4 is 0 Å². The fraction of sp³-hybridized carbons (Fsp3) is 0.867. The van der Waals surface area contributed by atoms with Gasteiger partial charge in [-0.05, 0) is 19.8 Å². The summed E-state index contributed by atoms with van der Waals surface area (Å²) in [5, 5.41) is 8.75. The molecule has 1 aliphatic rings. The van der Waals surface area contributed by atoms with E-state index in [0.29, 0.717) is 0 Å². The molecule has 1 rings (SSSR count). The van der Waals surface area contributed by atoms with Crippen molar-refractivity contribution in [2.75, 3.05) is 26.7 Å². The monoisotopic (exact) mass is 300 g/mol. The Balaban J connectivity index is 2.75. The van der Waals surface area contributed by atoms with E-state index in [2.05, 4.69) is 4.90 Å². The quantitative estimate of drug-likeness (QED) is 0.794. The molecule has 6 nitrogen and oxygen atoms in total. The summed E-state index contributed by atoms with van der Waals surface area (Å²) in [6.07, 6.45) is 0.183. The van der Waals surface area contributed by atoms with Crippen LogP contribution in [0.25, 0.3) is 0 Å². The lowest BCUT2D eigenvalue weighted by Crippen LogP contribution is -2.57. The Kier molecular flexibility index (Phi) is 6.61. The lowest BCUT2D eigenvalue weighted by atomic mass is 9.99. The molecule has 0 radical (unpaired) electrons. The van der Waals surface area contributed by atoms with E-state index in [1.807, 2.05) is 27.7 Å². The summed E-state index contributed by atoms with van der Waals surface area (Å²) in [5.41, 5.74) is 0. The van der Waals surface area contributed by atoms with E-state index in [1.54, 1.807) is 7.05 Å². The predicted octanol–water partition coefficient (Wildman–Crippen LogP) is 1.05. The van der Waals surface area contributed by atoms with Gasteiger partial charge in [0.25, 0.3) is 0 Å². The van der Waals surface area contributed by atoms with Crippen LogP contribution in [0, 0.1) is 5.92 Å². The fourth-order valence-electron chi connectivity index (χ4n) is 2.91. The van der Waals surface area contributed by atoms with Gasteiger partial charge in [-0.25, -0.2) is 0 Å². The number of hydrogen-bond donors (Lipinski definition) is 1. The Labute approximate surface area is 127 Å². The lowest BCUT2D eigenvalue weighted by molar-refractivity contribution is -0.145. The average Bonchev–Trinajstić information content (AvgIpc) is 2.34. The van der Waals surface area contributed by atoms with Crippen LogP contribution in [0.4, 0.5) is 0 Å². The third-order valence-electron chi connectivity index (χ3n) is 3.76. The third-order valence-corrected chi connectivity index (χ3v) is 3.76. The number of ether oxygens (including phenoxy) is 1. The molecule has 0 aromatic heterocycles. The van der Waals surface area contributed by atoms with Gasteiger partial charge in [-0.1, -0.05) is 13.8 Å². The summed E-state index contributed by atoms with van der Waals surface area (Å²) in [5.74, 6) is -0.723. The van der Waals surface area contributed by atoms with Crippen LogP contribution in [0.15, 0.2) is 0 Å². The van der Waals surface area contributed by atoms with Crippen molar-refractivity contribution < 1.29 is 19.4 Å². The zero-order valence-corrected chi connectivity index (χ0v) is 13.7. The molecule has 21 heavy (non-hydrogen) atoms. The van der Waals surface area contributed by atoms with Gasteiger partial charge in [0.15, 0.2) is 0 Å². The van der Waals surface area contributed by atoms with Gasteiger partial charge in [0.05, 0.1) is 24.7 Å².